The first kappa shape index (κ1) is 24.0. The average Bonchev–Trinajstić information content (AvgIpc) is 3.15. The summed E-state index contributed by atoms with van der Waals surface area (Å²) in [6, 6.07) is 10.1. The number of thioether (sulfide) groups is 1. The molecule has 0 spiro atoms. The van der Waals surface area contributed by atoms with Crippen LogP contribution in [0.25, 0.3) is 11.0 Å². The number of nitrogens with one attached hydrogen (secondary N) is 1. The summed E-state index contributed by atoms with van der Waals surface area (Å²) in [5, 5.41) is 3.57. The lowest BCUT2D eigenvalue weighted by Crippen LogP contribution is -2.49. The quantitative estimate of drug-likeness (QED) is 0.464. The van der Waals surface area contributed by atoms with Crippen LogP contribution in [-0.2, 0) is 34.1 Å². The van der Waals surface area contributed by atoms with Crippen LogP contribution in [0.5, 0.6) is 0 Å². The predicted molar refractivity (Wildman–Crippen MR) is 132 cm³/mol. The summed E-state index contributed by atoms with van der Waals surface area (Å²) in [5.41, 5.74) is 10.0. The van der Waals surface area contributed by atoms with Crippen molar-refractivity contribution in [2.24, 2.45) is 5.92 Å². The Balaban J connectivity index is 1.41. The Bertz CT molecular complexity index is 1040. The maximum Gasteiger partial charge on any atom is 0.163 e. The molecule has 2 aromatic heterocycles. The van der Waals surface area contributed by atoms with E-state index in [0.717, 1.165) is 34.5 Å². The van der Waals surface area contributed by atoms with Gasteiger partial charge in [0, 0.05) is 36.5 Å². The molecule has 2 atom stereocenters. The maximum atomic E-state index is 6.19. The van der Waals surface area contributed by atoms with Crippen LogP contribution in [-0.4, -0.2) is 51.6 Å². The van der Waals surface area contributed by atoms with Crippen molar-refractivity contribution in [2.45, 2.75) is 45.6 Å². The van der Waals surface area contributed by atoms with Gasteiger partial charge in [-0.3, -0.25) is 0 Å². The maximum absolute atomic E-state index is 6.19. The molecule has 3 heterocycles. The SMILES string of the molecule is CSC[C@@H]1OC(C)(C)OC[C@H]1CNCc1cn(COCc2ccccc2)c2c(N)ncnc12. The van der Waals surface area contributed by atoms with E-state index in [1.54, 1.807) is 11.8 Å². The fraction of sp³-hybridized carbons (Fsp3) is 0.500. The number of nitrogen functional groups attached to an aromatic ring is 1. The minimum Gasteiger partial charge on any atom is -0.382 e. The molecule has 0 aliphatic carbocycles. The van der Waals surface area contributed by atoms with E-state index in [4.69, 9.17) is 19.9 Å². The molecule has 1 aliphatic heterocycles. The van der Waals surface area contributed by atoms with Crippen molar-refractivity contribution in [3.63, 3.8) is 0 Å². The number of anilines is 1. The Morgan fingerprint density at radius 1 is 1.27 bits per heavy atom. The van der Waals surface area contributed by atoms with Gasteiger partial charge in [-0.2, -0.15) is 11.8 Å². The Morgan fingerprint density at radius 2 is 2.09 bits per heavy atom. The number of ether oxygens (including phenoxy) is 3. The molecule has 1 aromatic carbocycles. The fourth-order valence-electron chi connectivity index (χ4n) is 4.12. The van der Waals surface area contributed by atoms with Crippen molar-refractivity contribution in [3.8, 4) is 0 Å². The second-order valence-electron chi connectivity index (χ2n) is 8.76. The summed E-state index contributed by atoms with van der Waals surface area (Å²) in [5.74, 6) is 1.15. The predicted octanol–water partition coefficient (Wildman–Crippen LogP) is 3.41. The van der Waals surface area contributed by atoms with Gasteiger partial charge in [0.05, 0.1) is 24.8 Å². The standard InChI is InChI=1S/C24H33N5O3S/c1-24(2)31-13-19(20(32-24)14-33-3)10-26-9-18-11-29(22-21(18)27-15-28-23(22)25)16-30-12-17-7-5-4-6-8-17/h4-8,11,15,19-20,26H,9-10,12-14,16H2,1-3H3,(H2,25,27,28)/t19-,20+/m1/s1. The van der Waals surface area contributed by atoms with Gasteiger partial charge in [-0.1, -0.05) is 30.3 Å². The van der Waals surface area contributed by atoms with Crippen LogP contribution in [0.15, 0.2) is 42.9 Å². The topological polar surface area (TPSA) is 96.5 Å². The molecule has 8 nitrogen and oxygen atoms in total. The third kappa shape index (κ3) is 6.04. The van der Waals surface area contributed by atoms with Crippen LogP contribution in [0.1, 0.15) is 25.0 Å². The van der Waals surface area contributed by atoms with Crippen LogP contribution in [0.2, 0.25) is 0 Å². The third-order valence-electron chi connectivity index (χ3n) is 5.75. The van der Waals surface area contributed by atoms with Gasteiger partial charge in [-0.25, -0.2) is 9.97 Å². The van der Waals surface area contributed by atoms with E-state index in [9.17, 15) is 0 Å². The van der Waals surface area contributed by atoms with Crippen molar-refractivity contribution in [1.82, 2.24) is 19.9 Å². The van der Waals surface area contributed by atoms with Crippen molar-refractivity contribution < 1.29 is 14.2 Å². The molecule has 0 radical (unpaired) electrons. The van der Waals surface area contributed by atoms with Gasteiger partial charge in [0.1, 0.15) is 18.6 Å². The summed E-state index contributed by atoms with van der Waals surface area (Å²) in [6.07, 6.45) is 5.82. The molecule has 4 rings (SSSR count). The van der Waals surface area contributed by atoms with Crippen molar-refractivity contribution >= 4 is 28.6 Å². The second kappa shape index (κ2) is 10.8. The number of rotatable bonds is 10. The normalized spacial score (nSPS) is 20.3. The fourth-order valence-corrected chi connectivity index (χ4v) is 4.79. The van der Waals surface area contributed by atoms with Crippen LogP contribution in [0.3, 0.4) is 0 Å². The highest BCUT2D eigenvalue weighted by atomic mass is 32.2. The molecular formula is C24H33N5O3S. The van der Waals surface area contributed by atoms with Gasteiger partial charge in [-0.05, 0) is 25.7 Å². The Hall–Kier alpha value is -2.17. The molecule has 3 aromatic rings. The summed E-state index contributed by atoms with van der Waals surface area (Å²) in [6.45, 7) is 6.97. The molecule has 0 unspecified atom stereocenters. The average molecular weight is 472 g/mol. The van der Waals surface area contributed by atoms with E-state index in [0.29, 0.717) is 32.3 Å². The molecule has 0 amide bonds. The molecule has 0 saturated carbocycles. The summed E-state index contributed by atoms with van der Waals surface area (Å²) in [4.78, 5) is 8.68. The number of benzene rings is 1. The molecule has 1 saturated heterocycles. The van der Waals surface area contributed by atoms with Gasteiger partial charge in [0.15, 0.2) is 11.6 Å². The number of hydrogen-bond donors (Lipinski definition) is 2. The molecule has 178 valence electrons. The number of nitrogens with zero attached hydrogens (tertiary/aromatic N) is 3. The molecule has 0 bridgehead atoms. The van der Waals surface area contributed by atoms with E-state index in [2.05, 4.69) is 21.5 Å². The van der Waals surface area contributed by atoms with Gasteiger partial charge < -0.3 is 29.8 Å². The Morgan fingerprint density at radius 3 is 2.88 bits per heavy atom. The lowest BCUT2D eigenvalue weighted by atomic mass is 10.0. The molecular weight excluding hydrogens is 438 g/mol. The minimum absolute atomic E-state index is 0.155. The zero-order valence-corrected chi connectivity index (χ0v) is 20.3. The van der Waals surface area contributed by atoms with Gasteiger partial charge in [-0.15, -0.1) is 0 Å². The third-order valence-corrected chi connectivity index (χ3v) is 6.42. The monoisotopic (exact) mass is 471 g/mol. The largest absolute Gasteiger partial charge is 0.382 e. The van der Waals surface area contributed by atoms with Gasteiger partial charge >= 0.3 is 0 Å². The molecule has 1 fully saturated rings. The zero-order chi connectivity index (χ0) is 23.3. The van der Waals surface area contributed by atoms with E-state index in [-0.39, 0.29) is 12.0 Å². The highest BCUT2D eigenvalue weighted by Crippen LogP contribution is 2.28. The first-order valence-electron chi connectivity index (χ1n) is 11.2. The van der Waals surface area contributed by atoms with E-state index < -0.39 is 5.79 Å². The second-order valence-corrected chi connectivity index (χ2v) is 9.67. The summed E-state index contributed by atoms with van der Waals surface area (Å²) >= 11 is 1.80. The number of hydrogen-bond acceptors (Lipinski definition) is 8. The molecule has 1 aliphatic rings. The van der Waals surface area contributed by atoms with Crippen molar-refractivity contribution in [2.75, 3.05) is 30.9 Å². The summed E-state index contributed by atoms with van der Waals surface area (Å²) < 4.78 is 20.0. The Labute approximate surface area is 199 Å². The number of fused-ring (bicyclic) bond motifs is 1. The van der Waals surface area contributed by atoms with Crippen LogP contribution in [0, 0.1) is 5.92 Å². The van der Waals surface area contributed by atoms with Gasteiger partial charge in [0.2, 0.25) is 0 Å². The summed E-state index contributed by atoms with van der Waals surface area (Å²) in [7, 11) is 0. The van der Waals surface area contributed by atoms with Crippen molar-refractivity contribution in [1.29, 1.82) is 0 Å². The van der Waals surface area contributed by atoms with E-state index in [1.807, 2.05) is 54.9 Å². The lowest BCUT2D eigenvalue weighted by molar-refractivity contribution is -0.286. The number of aromatic nitrogens is 3. The van der Waals surface area contributed by atoms with Crippen molar-refractivity contribution in [3.05, 3.63) is 54.0 Å². The van der Waals surface area contributed by atoms with E-state index >= 15 is 0 Å². The molecule has 33 heavy (non-hydrogen) atoms. The highest BCUT2D eigenvalue weighted by molar-refractivity contribution is 7.98. The highest BCUT2D eigenvalue weighted by Gasteiger charge is 2.35. The zero-order valence-electron chi connectivity index (χ0n) is 19.5. The van der Waals surface area contributed by atoms with E-state index in [1.165, 1.54) is 6.33 Å². The minimum atomic E-state index is -0.529. The molecule has 9 heteroatoms. The first-order chi connectivity index (χ1) is 16.0. The van der Waals surface area contributed by atoms with Crippen LogP contribution in [0.4, 0.5) is 5.82 Å². The molecule has 3 N–H and O–H groups in total. The van der Waals surface area contributed by atoms with Crippen LogP contribution >= 0.6 is 11.8 Å². The Kier molecular flexibility index (Phi) is 7.87. The first-order valence-corrected chi connectivity index (χ1v) is 12.6. The smallest absolute Gasteiger partial charge is 0.163 e. The number of nitrogens with two attached hydrogens (primary N) is 1. The van der Waals surface area contributed by atoms with Gasteiger partial charge in [0.25, 0.3) is 0 Å². The van der Waals surface area contributed by atoms with Crippen LogP contribution < -0.4 is 11.1 Å². The lowest BCUT2D eigenvalue weighted by Gasteiger charge is -2.41.